The highest BCUT2D eigenvalue weighted by molar-refractivity contribution is 5.78. The summed E-state index contributed by atoms with van der Waals surface area (Å²) in [5.74, 6) is -1.08. The van der Waals surface area contributed by atoms with Crippen LogP contribution in [-0.2, 0) is 15.1 Å². The fourth-order valence-corrected chi connectivity index (χ4v) is 2.07. The molecule has 0 aliphatic rings. The largest absolute Gasteiger partial charge is 0.464 e. The first-order valence-corrected chi connectivity index (χ1v) is 6.94. The lowest BCUT2D eigenvalue weighted by molar-refractivity contribution is -0.384. The molecule has 0 amide bonds. The number of nitro groups is 1. The van der Waals surface area contributed by atoms with Crippen LogP contribution in [0.4, 0.5) is 10.1 Å². The van der Waals surface area contributed by atoms with Gasteiger partial charge in [-0.3, -0.25) is 14.8 Å². The minimum atomic E-state index is -1.09. The molecule has 23 heavy (non-hydrogen) atoms. The molecule has 1 aromatic carbocycles. The van der Waals surface area contributed by atoms with Crippen molar-refractivity contribution in [2.45, 2.75) is 26.3 Å². The zero-order valence-corrected chi connectivity index (χ0v) is 12.9. The minimum Gasteiger partial charge on any atom is -0.464 e. The summed E-state index contributed by atoms with van der Waals surface area (Å²) < 4.78 is 19.8. The highest BCUT2D eigenvalue weighted by atomic mass is 19.1. The van der Waals surface area contributed by atoms with Crippen molar-refractivity contribution in [2.75, 3.05) is 6.61 Å². The van der Waals surface area contributed by atoms with Gasteiger partial charge in [0, 0.05) is 17.8 Å². The third-order valence-corrected chi connectivity index (χ3v) is 3.40. The number of hydrogen-bond donors (Lipinski definition) is 0. The van der Waals surface area contributed by atoms with Gasteiger partial charge in [-0.05, 0) is 32.9 Å². The van der Waals surface area contributed by atoms with Gasteiger partial charge in [0.1, 0.15) is 5.82 Å². The molecular weight excluding hydrogens is 305 g/mol. The van der Waals surface area contributed by atoms with Crippen molar-refractivity contribution in [3.05, 3.63) is 46.5 Å². The first kappa shape index (κ1) is 16.6. The number of aromatic nitrogens is 2. The molecule has 0 radical (unpaired) electrons. The Kier molecular flexibility index (Phi) is 4.44. The van der Waals surface area contributed by atoms with Gasteiger partial charge in [0.05, 0.1) is 23.3 Å². The quantitative estimate of drug-likeness (QED) is 0.480. The van der Waals surface area contributed by atoms with E-state index in [-0.39, 0.29) is 17.9 Å². The fourth-order valence-electron chi connectivity index (χ4n) is 2.07. The van der Waals surface area contributed by atoms with E-state index in [1.807, 2.05) is 0 Å². The molecule has 0 spiro atoms. The van der Waals surface area contributed by atoms with Gasteiger partial charge in [-0.25, -0.2) is 9.18 Å². The lowest BCUT2D eigenvalue weighted by Crippen LogP contribution is -2.37. The Hall–Kier alpha value is -2.77. The Labute approximate surface area is 131 Å². The Balaban J connectivity index is 2.46. The number of carbonyl (C=O) groups excluding carboxylic acids is 1. The van der Waals surface area contributed by atoms with Crippen molar-refractivity contribution in [3.63, 3.8) is 0 Å². The van der Waals surface area contributed by atoms with E-state index in [2.05, 4.69) is 5.10 Å². The van der Waals surface area contributed by atoms with E-state index in [4.69, 9.17) is 4.74 Å². The zero-order chi connectivity index (χ0) is 17.2. The van der Waals surface area contributed by atoms with Crippen molar-refractivity contribution >= 4 is 11.7 Å². The van der Waals surface area contributed by atoms with E-state index >= 15 is 0 Å². The molecule has 0 aliphatic heterocycles. The molecule has 2 rings (SSSR count). The maximum absolute atomic E-state index is 13.4. The van der Waals surface area contributed by atoms with Crippen LogP contribution in [-0.4, -0.2) is 27.3 Å². The van der Waals surface area contributed by atoms with E-state index in [9.17, 15) is 19.3 Å². The second-order valence-corrected chi connectivity index (χ2v) is 5.37. The third-order valence-electron chi connectivity index (χ3n) is 3.40. The van der Waals surface area contributed by atoms with Crippen LogP contribution in [0.5, 0.6) is 0 Å². The van der Waals surface area contributed by atoms with Crippen LogP contribution in [0.2, 0.25) is 0 Å². The van der Waals surface area contributed by atoms with Crippen molar-refractivity contribution < 1.29 is 18.8 Å². The summed E-state index contributed by atoms with van der Waals surface area (Å²) in [6.45, 7) is 5.15. The molecule has 0 N–H and O–H groups in total. The van der Waals surface area contributed by atoms with Crippen LogP contribution >= 0.6 is 0 Å². The van der Waals surface area contributed by atoms with Gasteiger partial charge in [-0.15, -0.1) is 0 Å². The lowest BCUT2D eigenvalue weighted by atomic mass is 10.1. The number of halogens is 1. The monoisotopic (exact) mass is 321 g/mol. The highest BCUT2D eigenvalue weighted by Gasteiger charge is 2.32. The predicted molar refractivity (Wildman–Crippen MR) is 80.2 cm³/mol. The van der Waals surface area contributed by atoms with Crippen LogP contribution in [0, 0.1) is 15.9 Å². The number of hydrogen-bond acceptors (Lipinski definition) is 5. The van der Waals surface area contributed by atoms with Crippen LogP contribution < -0.4 is 0 Å². The van der Waals surface area contributed by atoms with Crippen LogP contribution in [0.3, 0.4) is 0 Å². The van der Waals surface area contributed by atoms with Gasteiger partial charge >= 0.3 is 5.97 Å². The smallest absolute Gasteiger partial charge is 0.333 e. The van der Waals surface area contributed by atoms with Crippen molar-refractivity contribution in [1.82, 2.24) is 9.78 Å². The Morgan fingerprint density at radius 1 is 1.48 bits per heavy atom. The molecular formula is C15H16FN3O4. The molecule has 7 nitrogen and oxygen atoms in total. The molecule has 0 fully saturated rings. The summed E-state index contributed by atoms with van der Waals surface area (Å²) in [7, 11) is 0. The SMILES string of the molecule is CCOC(=O)C(C)(C)n1cc(-c2cc(F)ccc2[N+](=O)[O-])cn1. The van der Waals surface area contributed by atoms with Gasteiger partial charge in [-0.1, -0.05) is 0 Å². The van der Waals surface area contributed by atoms with Crippen LogP contribution in [0.15, 0.2) is 30.6 Å². The summed E-state index contributed by atoms with van der Waals surface area (Å²) in [5, 5.41) is 15.2. The van der Waals surface area contributed by atoms with Gasteiger partial charge in [-0.2, -0.15) is 5.10 Å². The normalized spacial score (nSPS) is 11.3. The molecule has 0 saturated heterocycles. The average molecular weight is 321 g/mol. The summed E-state index contributed by atoms with van der Waals surface area (Å²) in [4.78, 5) is 22.5. The summed E-state index contributed by atoms with van der Waals surface area (Å²) in [5.41, 5.74) is -0.884. The summed E-state index contributed by atoms with van der Waals surface area (Å²) >= 11 is 0. The number of esters is 1. The van der Waals surface area contributed by atoms with E-state index in [1.165, 1.54) is 17.1 Å². The standard InChI is InChI=1S/C15H16FN3O4/c1-4-23-14(20)15(2,3)18-9-10(8-17-18)12-7-11(16)5-6-13(12)19(21)22/h5-9H,4H2,1-3H3. The molecule has 0 aliphatic carbocycles. The average Bonchev–Trinajstić information content (AvgIpc) is 2.97. The number of nitro benzene ring substituents is 1. The third kappa shape index (κ3) is 3.20. The van der Waals surface area contributed by atoms with Crippen molar-refractivity contribution in [1.29, 1.82) is 0 Å². The molecule has 1 aromatic heterocycles. The molecule has 1 heterocycles. The van der Waals surface area contributed by atoms with Crippen LogP contribution in [0.25, 0.3) is 11.1 Å². The van der Waals surface area contributed by atoms with Gasteiger partial charge in [0.2, 0.25) is 0 Å². The maximum Gasteiger partial charge on any atom is 0.333 e. The molecule has 8 heteroatoms. The maximum atomic E-state index is 13.4. The fraction of sp³-hybridized carbons (Fsp3) is 0.333. The molecule has 0 saturated carbocycles. The highest BCUT2D eigenvalue weighted by Crippen LogP contribution is 2.31. The van der Waals surface area contributed by atoms with Gasteiger partial charge in [0.15, 0.2) is 5.54 Å². The van der Waals surface area contributed by atoms with E-state index < -0.39 is 22.2 Å². The van der Waals surface area contributed by atoms with E-state index in [0.717, 1.165) is 18.2 Å². The molecule has 0 atom stereocenters. The minimum absolute atomic E-state index is 0.0981. The first-order chi connectivity index (χ1) is 10.8. The summed E-state index contributed by atoms with van der Waals surface area (Å²) in [6, 6.07) is 3.18. The molecule has 2 aromatic rings. The number of rotatable bonds is 5. The molecule has 0 bridgehead atoms. The number of carbonyl (C=O) groups is 1. The first-order valence-electron chi connectivity index (χ1n) is 6.94. The number of ether oxygens (including phenoxy) is 1. The van der Waals surface area contributed by atoms with Gasteiger partial charge < -0.3 is 4.74 Å². The number of benzene rings is 1. The Bertz CT molecular complexity index is 755. The van der Waals surface area contributed by atoms with Crippen LogP contribution in [0.1, 0.15) is 20.8 Å². The second-order valence-electron chi connectivity index (χ2n) is 5.37. The van der Waals surface area contributed by atoms with E-state index in [0.29, 0.717) is 5.56 Å². The second kappa shape index (κ2) is 6.15. The Morgan fingerprint density at radius 3 is 2.78 bits per heavy atom. The van der Waals surface area contributed by atoms with E-state index in [1.54, 1.807) is 20.8 Å². The molecule has 122 valence electrons. The zero-order valence-electron chi connectivity index (χ0n) is 12.9. The van der Waals surface area contributed by atoms with Gasteiger partial charge in [0.25, 0.3) is 5.69 Å². The molecule has 0 unspecified atom stereocenters. The topological polar surface area (TPSA) is 87.3 Å². The summed E-state index contributed by atoms with van der Waals surface area (Å²) in [6.07, 6.45) is 2.81. The van der Waals surface area contributed by atoms with Crippen molar-refractivity contribution in [2.24, 2.45) is 0 Å². The predicted octanol–water partition coefficient (Wildman–Crippen LogP) is 2.90. The van der Waals surface area contributed by atoms with Crippen molar-refractivity contribution in [3.8, 4) is 11.1 Å². The lowest BCUT2D eigenvalue weighted by Gasteiger charge is -2.22. The number of nitrogens with zero attached hydrogens (tertiary/aromatic N) is 3. The Morgan fingerprint density at radius 2 is 2.17 bits per heavy atom.